The van der Waals surface area contributed by atoms with Crippen LogP contribution in [0.2, 0.25) is 5.15 Å². The summed E-state index contributed by atoms with van der Waals surface area (Å²) in [6, 6.07) is 1.77. The van der Waals surface area contributed by atoms with Gasteiger partial charge in [0.2, 0.25) is 0 Å². The van der Waals surface area contributed by atoms with Gasteiger partial charge in [-0.3, -0.25) is 0 Å². The van der Waals surface area contributed by atoms with Crippen molar-refractivity contribution in [3.8, 4) is 0 Å². The van der Waals surface area contributed by atoms with E-state index in [9.17, 15) is 0 Å². The number of nitrogens with zero attached hydrogens (tertiary/aromatic N) is 3. The molecule has 0 saturated carbocycles. The van der Waals surface area contributed by atoms with Gasteiger partial charge < -0.3 is 4.90 Å². The Labute approximate surface area is 86.7 Å². The number of halogens is 2. The topological polar surface area (TPSA) is 29.0 Å². The van der Waals surface area contributed by atoms with Gasteiger partial charge in [0.25, 0.3) is 0 Å². The average Bonchev–Trinajstić information content (AvgIpc) is 2.00. The van der Waals surface area contributed by atoms with Crippen molar-refractivity contribution in [2.24, 2.45) is 0 Å². The summed E-state index contributed by atoms with van der Waals surface area (Å²) in [6.07, 6.45) is 1.22. The molecule has 2 rings (SSSR count). The van der Waals surface area contributed by atoms with Crippen molar-refractivity contribution in [2.75, 3.05) is 18.0 Å². The summed E-state index contributed by atoms with van der Waals surface area (Å²) >= 11 is 11.5. The highest BCUT2D eigenvalue weighted by atomic mass is 35.5. The van der Waals surface area contributed by atoms with Gasteiger partial charge in [0.1, 0.15) is 16.8 Å². The van der Waals surface area contributed by atoms with Crippen molar-refractivity contribution < 1.29 is 0 Å². The molecule has 70 valence electrons. The highest BCUT2D eigenvalue weighted by molar-refractivity contribution is 6.29. The second kappa shape index (κ2) is 3.68. The van der Waals surface area contributed by atoms with Crippen molar-refractivity contribution in [3.63, 3.8) is 0 Å². The Morgan fingerprint density at radius 1 is 1.38 bits per heavy atom. The van der Waals surface area contributed by atoms with Gasteiger partial charge in [-0.25, -0.2) is 9.97 Å². The van der Waals surface area contributed by atoms with Gasteiger partial charge >= 0.3 is 0 Å². The molecule has 0 amide bonds. The maximum absolute atomic E-state index is 5.82. The lowest BCUT2D eigenvalue weighted by atomic mass is 10.2. The van der Waals surface area contributed by atoms with Gasteiger partial charge in [0.05, 0.1) is 5.88 Å². The predicted octanol–water partition coefficient (Wildman–Crippen LogP) is 2.08. The summed E-state index contributed by atoms with van der Waals surface area (Å²) in [4.78, 5) is 10.4. The van der Waals surface area contributed by atoms with Crippen LogP contribution in [-0.2, 0) is 5.88 Å². The van der Waals surface area contributed by atoms with Gasteiger partial charge in [-0.15, -0.1) is 11.6 Å². The molecular formula is C8H9Cl2N3. The van der Waals surface area contributed by atoms with E-state index in [2.05, 4.69) is 14.9 Å². The summed E-state index contributed by atoms with van der Waals surface area (Å²) in [5, 5.41) is 0.465. The Bertz CT molecular complexity index is 312. The van der Waals surface area contributed by atoms with Crippen LogP contribution in [0, 0.1) is 0 Å². The van der Waals surface area contributed by atoms with Crippen LogP contribution in [0.15, 0.2) is 6.07 Å². The summed E-state index contributed by atoms with van der Waals surface area (Å²) in [7, 11) is 0. The highest BCUT2D eigenvalue weighted by Crippen LogP contribution is 2.21. The molecule has 0 aromatic carbocycles. The molecule has 1 aliphatic rings. The van der Waals surface area contributed by atoms with Crippen LogP contribution in [0.1, 0.15) is 12.2 Å². The van der Waals surface area contributed by atoms with E-state index < -0.39 is 0 Å². The molecule has 5 heteroatoms. The zero-order valence-electron chi connectivity index (χ0n) is 7.00. The summed E-state index contributed by atoms with van der Waals surface area (Å²) < 4.78 is 0. The van der Waals surface area contributed by atoms with E-state index in [0.29, 0.717) is 16.9 Å². The first-order valence-corrected chi connectivity index (χ1v) is 5.05. The van der Waals surface area contributed by atoms with Crippen molar-refractivity contribution in [1.82, 2.24) is 9.97 Å². The van der Waals surface area contributed by atoms with Crippen molar-refractivity contribution in [3.05, 3.63) is 17.0 Å². The quantitative estimate of drug-likeness (QED) is 0.562. The average molecular weight is 218 g/mol. The number of aromatic nitrogens is 2. The molecule has 1 fully saturated rings. The fourth-order valence-electron chi connectivity index (χ4n) is 1.22. The number of hydrogen-bond acceptors (Lipinski definition) is 3. The Balaban J connectivity index is 2.28. The number of rotatable bonds is 2. The second-order valence-corrected chi connectivity index (χ2v) is 3.59. The minimum Gasteiger partial charge on any atom is -0.356 e. The number of anilines is 1. The Kier molecular flexibility index (Phi) is 2.56. The lowest BCUT2D eigenvalue weighted by molar-refractivity contribution is 0.607. The van der Waals surface area contributed by atoms with E-state index in [1.807, 2.05) is 0 Å². The third kappa shape index (κ3) is 1.86. The zero-order valence-corrected chi connectivity index (χ0v) is 8.52. The van der Waals surface area contributed by atoms with E-state index in [-0.39, 0.29) is 0 Å². The molecule has 0 radical (unpaired) electrons. The SMILES string of the molecule is ClCc1nc(Cl)cc(N2CCC2)n1. The Hall–Kier alpha value is -0.540. The molecule has 0 unspecified atom stereocenters. The van der Waals surface area contributed by atoms with Crippen molar-refractivity contribution in [1.29, 1.82) is 0 Å². The molecule has 0 atom stereocenters. The van der Waals surface area contributed by atoms with E-state index in [4.69, 9.17) is 23.2 Å². The molecular weight excluding hydrogens is 209 g/mol. The molecule has 0 N–H and O–H groups in total. The maximum atomic E-state index is 5.82. The van der Waals surface area contributed by atoms with Crippen LogP contribution in [0.4, 0.5) is 5.82 Å². The Morgan fingerprint density at radius 3 is 2.69 bits per heavy atom. The first kappa shape index (κ1) is 9.03. The molecule has 1 saturated heterocycles. The minimum atomic E-state index is 0.307. The van der Waals surface area contributed by atoms with Crippen molar-refractivity contribution in [2.45, 2.75) is 12.3 Å². The van der Waals surface area contributed by atoms with E-state index in [1.165, 1.54) is 6.42 Å². The van der Waals surface area contributed by atoms with Gasteiger partial charge in [-0.1, -0.05) is 11.6 Å². The first-order valence-electron chi connectivity index (χ1n) is 4.14. The van der Waals surface area contributed by atoms with Gasteiger partial charge in [0.15, 0.2) is 0 Å². The third-order valence-electron chi connectivity index (χ3n) is 2.03. The molecule has 0 aliphatic carbocycles. The molecule has 13 heavy (non-hydrogen) atoms. The minimum absolute atomic E-state index is 0.307. The van der Waals surface area contributed by atoms with E-state index in [0.717, 1.165) is 18.9 Å². The standard InChI is InChI=1S/C8H9Cl2N3/c9-5-7-11-6(10)4-8(12-7)13-2-1-3-13/h4H,1-3,5H2. The van der Waals surface area contributed by atoms with Gasteiger partial charge in [0, 0.05) is 19.2 Å². The molecule has 2 heterocycles. The number of alkyl halides is 1. The first-order chi connectivity index (χ1) is 6.29. The van der Waals surface area contributed by atoms with Gasteiger partial charge in [-0.2, -0.15) is 0 Å². The second-order valence-electron chi connectivity index (χ2n) is 2.94. The fourth-order valence-corrected chi connectivity index (χ4v) is 1.53. The molecule has 3 nitrogen and oxygen atoms in total. The number of hydrogen-bond donors (Lipinski definition) is 0. The van der Waals surface area contributed by atoms with Crippen LogP contribution in [0.3, 0.4) is 0 Å². The predicted molar refractivity (Wildman–Crippen MR) is 53.4 cm³/mol. The normalized spacial score (nSPS) is 15.7. The molecule has 1 aromatic rings. The summed E-state index contributed by atoms with van der Waals surface area (Å²) in [6.45, 7) is 2.10. The zero-order chi connectivity index (χ0) is 9.26. The molecule has 0 bridgehead atoms. The fraction of sp³-hybridized carbons (Fsp3) is 0.500. The van der Waals surface area contributed by atoms with Gasteiger partial charge in [-0.05, 0) is 6.42 Å². The third-order valence-corrected chi connectivity index (χ3v) is 2.46. The van der Waals surface area contributed by atoms with Crippen LogP contribution in [0.5, 0.6) is 0 Å². The molecule has 1 aliphatic heterocycles. The largest absolute Gasteiger partial charge is 0.356 e. The lowest BCUT2D eigenvalue weighted by Gasteiger charge is -2.32. The molecule has 0 spiro atoms. The smallest absolute Gasteiger partial charge is 0.147 e. The lowest BCUT2D eigenvalue weighted by Crippen LogP contribution is -2.37. The maximum Gasteiger partial charge on any atom is 0.147 e. The van der Waals surface area contributed by atoms with Crippen LogP contribution in [-0.4, -0.2) is 23.1 Å². The highest BCUT2D eigenvalue weighted by Gasteiger charge is 2.16. The summed E-state index contributed by atoms with van der Waals surface area (Å²) in [5.74, 6) is 1.79. The van der Waals surface area contributed by atoms with E-state index in [1.54, 1.807) is 6.07 Å². The van der Waals surface area contributed by atoms with Crippen LogP contribution >= 0.6 is 23.2 Å². The monoisotopic (exact) mass is 217 g/mol. The molecule has 1 aromatic heterocycles. The summed E-state index contributed by atoms with van der Waals surface area (Å²) in [5.41, 5.74) is 0. The van der Waals surface area contributed by atoms with Crippen LogP contribution in [0.25, 0.3) is 0 Å². The van der Waals surface area contributed by atoms with Crippen LogP contribution < -0.4 is 4.90 Å². The Morgan fingerprint density at radius 2 is 2.15 bits per heavy atom. The van der Waals surface area contributed by atoms with E-state index >= 15 is 0 Å². The van der Waals surface area contributed by atoms with Crippen molar-refractivity contribution >= 4 is 29.0 Å².